The highest BCUT2D eigenvalue weighted by atomic mass is 32.2. The van der Waals surface area contributed by atoms with Gasteiger partial charge in [0.05, 0.1) is 16.6 Å². The Morgan fingerprint density at radius 3 is 2.66 bits per heavy atom. The molecule has 1 aromatic carbocycles. The molecule has 7 nitrogen and oxygen atoms in total. The van der Waals surface area contributed by atoms with Crippen molar-refractivity contribution in [3.05, 3.63) is 48.6 Å². The molecule has 3 heterocycles. The maximum absolute atomic E-state index is 14.0. The summed E-state index contributed by atoms with van der Waals surface area (Å²) in [5, 5.41) is 19.4. The second kappa shape index (κ2) is 8.56. The number of benzene rings is 1. The standard InChI is InChI=1S/C24H30N2O5S/c1-3-12-25(15-16-8-5-4-6-9-16)21(29)19-24-11-10-23(2,32-24)18(22(30)31)17(24)20(28)26(19)13-7-14-27/h3-6,8-9,17-19,27H,1,7,10-15H2,2H3,(H,30,31)/t17-,18+,19?,23-,24?/m0/s1. The fraction of sp³-hybridized carbons (Fsp3) is 0.542. The van der Waals surface area contributed by atoms with Crippen LogP contribution in [-0.2, 0) is 20.9 Å². The van der Waals surface area contributed by atoms with Crippen LogP contribution in [-0.4, -0.2) is 73.0 Å². The lowest BCUT2D eigenvalue weighted by molar-refractivity contribution is -0.150. The molecule has 8 heteroatoms. The first-order valence-corrected chi connectivity index (χ1v) is 11.9. The number of hydrogen-bond donors (Lipinski definition) is 2. The molecule has 2 bridgehead atoms. The largest absolute Gasteiger partial charge is 0.481 e. The third-order valence-corrected chi connectivity index (χ3v) is 9.20. The smallest absolute Gasteiger partial charge is 0.308 e. The van der Waals surface area contributed by atoms with Crippen LogP contribution in [0.2, 0.25) is 0 Å². The molecule has 4 rings (SSSR count). The van der Waals surface area contributed by atoms with Crippen molar-refractivity contribution in [3.8, 4) is 0 Å². The van der Waals surface area contributed by atoms with E-state index < -0.39 is 33.3 Å². The molecular formula is C24H30N2O5S. The molecule has 2 amide bonds. The van der Waals surface area contributed by atoms with Crippen molar-refractivity contribution in [2.45, 2.75) is 48.3 Å². The summed E-state index contributed by atoms with van der Waals surface area (Å²) in [6.45, 7) is 6.57. The number of nitrogens with zero attached hydrogens (tertiary/aromatic N) is 2. The molecule has 5 atom stereocenters. The zero-order valence-corrected chi connectivity index (χ0v) is 19.1. The lowest BCUT2D eigenvalue weighted by Crippen LogP contribution is -2.54. The fourth-order valence-corrected chi connectivity index (χ4v) is 8.27. The van der Waals surface area contributed by atoms with Gasteiger partial charge in [-0.15, -0.1) is 18.3 Å². The van der Waals surface area contributed by atoms with E-state index >= 15 is 0 Å². The number of aliphatic hydroxyl groups excluding tert-OH is 1. The summed E-state index contributed by atoms with van der Waals surface area (Å²) >= 11 is 1.53. The third kappa shape index (κ3) is 3.44. The Bertz CT molecular complexity index is 924. The van der Waals surface area contributed by atoms with Crippen LogP contribution >= 0.6 is 11.8 Å². The van der Waals surface area contributed by atoms with Crippen molar-refractivity contribution >= 4 is 29.5 Å². The number of likely N-dealkylation sites (tertiary alicyclic amines) is 1. The van der Waals surface area contributed by atoms with E-state index in [-0.39, 0.29) is 25.0 Å². The normalized spacial score (nSPS) is 32.8. The van der Waals surface area contributed by atoms with Gasteiger partial charge in [0.25, 0.3) is 0 Å². The maximum atomic E-state index is 14.0. The molecule has 3 aliphatic heterocycles. The van der Waals surface area contributed by atoms with E-state index in [1.54, 1.807) is 15.9 Å². The molecule has 1 aromatic rings. The van der Waals surface area contributed by atoms with Crippen LogP contribution in [0.15, 0.2) is 43.0 Å². The topological polar surface area (TPSA) is 98.2 Å². The first-order valence-electron chi connectivity index (χ1n) is 11.1. The van der Waals surface area contributed by atoms with E-state index in [1.165, 1.54) is 11.8 Å². The van der Waals surface area contributed by atoms with E-state index in [4.69, 9.17) is 0 Å². The highest BCUT2D eigenvalue weighted by Crippen LogP contribution is 2.71. The number of aliphatic hydroxyl groups is 1. The zero-order valence-electron chi connectivity index (χ0n) is 18.3. The molecule has 172 valence electrons. The lowest BCUT2D eigenvalue weighted by atomic mass is 9.66. The highest BCUT2D eigenvalue weighted by molar-refractivity contribution is 8.02. The van der Waals surface area contributed by atoms with Gasteiger partial charge in [-0.05, 0) is 31.7 Å². The van der Waals surface area contributed by atoms with Crippen molar-refractivity contribution in [1.29, 1.82) is 0 Å². The van der Waals surface area contributed by atoms with Crippen LogP contribution < -0.4 is 0 Å². The average Bonchev–Trinajstić information content (AvgIpc) is 3.33. The molecule has 0 radical (unpaired) electrons. The molecule has 0 saturated carbocycles. The van der Waals surface area contributed by atoms with Gasteiger partial charge < -0.3 is 20.0 Å². The van der Waals surface area contributed by atoms with Gasteiger partial charge in [0.15, 0.2) is 0 Å². The van der Waals surface area contributed by atoms with Gasteiger partial charge >= 0.3 is 5.97 Å². The number of carboxylic acids is 1. The molecule has 3 fully saturated rings. The summed E-state index contributed by atoms with van der Waals surface area (Å²) < 4.78 is -1.31. The van der Waals surface area contributed by atoms with Gasteiger partial charge in [0.2, 0.25) is 11.8 Å². The molecule has 3 saturated heterocycles. The van der Waals surface area contributed by atoms with Crippen LogP contribution in [0.5, 0.6) is 0 Å². The number of hydrogen-bond acceptors (Lipinski definition) is 5. The van der Waals surface area contributed by atoms with Crippen LogP contribution in [0.1, 0.15) is 31.7 Å². The van der Waals surface area contributed by atoms with Crippen LogP contribution in [0.25, 0.3) is 0 Å². The van der Waals surface area contributed by atoms with Gasteiger partial charge in [-0.1, -0.05) is 36.4 Å². The predicted octanol–water partition coefficient (Wildman–Crippen LogP) is 2.15. The van der Waals surface area contributed by atoms with E-state index in [0.717, 1.165) is 5.56 Å². The van der Waals surface area contributed by atoms with E-state index in [9.17, 15) is 24.6 Å². The summed E-state index contributed by atoms with van der Waals surface area (Å²) in [5.41, 5.74) is 0.974. The van der Waals surface area contributed by atoms with Crippen LogP contribution in [0, 0.1) is 11.8 Å². The Kier molecular flexibility index (Phi) is 6.11. The van der Waals surface area contributed by atoms with Gasteiger partial charge in [-0.3, -0.25) is 14.4 Å². The number of rotatable bonds is 9. The molecule has 0 aliphatic carbocycles. The molecule has 32 heavy (non-hydrogen) atoms. The minimum atomic E-state index is -0.970. The molecular weight excluding hydrogens is 428 g/mol. The minimum Gasteiger partial charge on any atom is -0.481 e. The van der Waals surface area contributed by atoms with Crippen molar-refractivity contribution in [2.75, 3.05) is 19.7 Å². The minimum absolute atomic E-state index is 0.101. The number of amides is 2. The monoisotopic (exact) mass is 458 g/mol. The number of fused-ring (bicyclic) bond motifs is 1. The quantitative estimate of drug-likeness (QED) is 0.551. The van der Waals surface area contributed by atoms with Crippen LogP contribution in [0.4, 0.5) is 0 Å². The SMILES string of the molecule is C=CCN(Cc1ccccc1)C(=O)C1N(CCCO)C(=O)[C@@H]2[C@H](C(=O)O)[C@]3(C)CCC12S3. The molecule has 2 N–H and O–H groups in total. The van der Waals surface area contributed by atoms with Crippen molar-refractivity contribution in [3.63, 3.8) is 0 Å². The molecule has 0 aromatic heterocycles. The summed E-state index contributed by atoms with van der Waals surface area (Å²) in [6, 6.07) is 8.90. The Balaban J connectivity index is 1.73. The number of aliphatic carboxylic acids is 1. The summed E-state index contributed by atoms with van der Waals surface area (Å²) in [5.74, 6) is -2.95. The Hall–Kier alpha value is -2.32. The number of carboxylic acid groups (broad SMARTS) is 1. The average molecular weight is 459 g/mol. The molecule has 1 spiro atoms. The Labute approximate surface area is 192 Å². The summed E-state index contributed by atoms with van der Waals surface area (Å²) in [4.78, 5) is 43.1. The van der Waals surface area contributed by atoms with Gasteiger partial charge in [-0.25, -0.2) is 0 Å². The van der Waals surface area contributed by atoms with Crippen molar-refractivity contribution < 1.29 is 24.6 Å². The second-order valence-electron chi connectivity index (χ2n) is 9.17. The lowest BCUT2D eigenvalue weighted by Gasteiger charge is -2.37. The molecule has 2 unspecified atom stereocenters. The van der Waals surface area contributed by atoms with E-state index in [2.05, 4.69) is 6.58 Å². The fourth-order valence-electron chi connectivity index (χ4n) is 5.93. The Morgan fingerprint density at radius 1 is 1.31 bits per heavy atom. The maximum Gasteiger partial charge on any atom is 0.308 e. The van der Waals surface area contributed by atoms with Crippen molar-refractivity contribution in [2.24, 2.45) is 11.8 Å². The highest BCUT2D eigenvalue weighted by Gasteiger charge is 2.77. The molecule has 3 aliphatic rings. The third-order valence-electron chi connectivity index (χ3n) is 7.21. The second-order valence-corrected chi connectivity index (χ2v) is 11.1. The number of carbonyl (C=O) groups is 3. The first-order chi connectivity index (χ1) is 15.3. The van der Waals surface area contributed by atoms with E-state index in [1.807, 2.05) is 37.3 Å². The summed E-state index contributed by atoms with van der Waals surface area (Å²) in [7, 11) is 0. The Morgan fingerprint density at radius 2 is 2.03 bits per heavy atom. The predicted molar refractivity (Wildman–Crippen MR) is 122 cm³/mol. The van der Waals surface area contributed by atoms with Crippen LogP contribution in [0.3, 0.4) is 0 Å². The van der Waals surface area contributed by atoms with Gasteiger partial charge in [-0.2, -0.15) is 0 Å². The first kappa shape index (κ1) is 22.9. The van der Waals surface area contributed by atoms with Crippen molar-refractivity contribution in [1.82, 2.24) is 9.80 Å². The van der Waals surface area contributed by atoms with E-state index in [0.29, 0.717) is 32.4 Å². The zero-order chi connectivity index (χ0) is 23.1. The number of thioether (sulfide) groups is 1. The van der Waals surface area contributed by atoms with Gasteiger partial charge in [0.1, 0.15) is 6.04 Å². The van der Waals surface area contributed by atoms with Gasteiger partial charge in [0, 0.05) is 31.0 Å². The number of carbonyl (C=O) groups excluding carboxylic acids is 2. The summed E-state index contributed by atoms with van der Waals surface area (Å²) in [6.07, 6.45) is 3.31.